The van der Waals surface area contributed by atoms with Gasteiger partial charge in [0.1, 0.15) is 36.4 Å². The average Bonchev–Trinajstić information content (AvgIpc) is 2.71. The number of carbonyl (C=O) groups excluding carboxylic acids is 1. The smallest absolute Gasteiger partial charge is 0.256 e. The number of halogens is 2. The molecule has 1 amide bonds. The molecule has 0 unspecified atom stereocenters. The first-order valence-corrected chi connectivity index (χ1v) is 8.48. The monoisotopic (exact) mass is 383 g/mol. The molecule has 0 atom stereocenters. The third-order valence-electron chi connectivity index (χ3n) is 4.04. The van der Waals surface area contributed by atoms with Crippen molar-refractivity contribution in [3.05, 3.63) is 71.9 Å². The molecule has 2 heterocycles. The molecule has 28 heavy (non-hydrogen) atoms. The first kappa shape index (κ1) is 17.7. The van der Waals surface area contributed by atoms with Gasteiger partial charge in [-0.2, -0.15) is 0 Å². The van der Waals surface area contributed by atoms with Crippen molar-refractivity contribution in [1.29, 1.82) is 0 Å². The van der Waals surface area contributed by atoms with Crippen molar-refractivity contribution in [2.75, 3.05) is 23.8 Å². The molecule has 8 heteroatoms. The van der Waals surface area contributed by atoms with Crippen LogP contribution < -0.4 is 20.1 Å². The molecule has 2 N–H and O–H groups in total. The minimum Gasteiger partial charge on any atom is -0.486 e. The second kappa shape index (κ2) is 7.51. The normalized spacial score (nSPS) is 12.4. The molecule has 0 aliphatic carbocycles. The van der Waals surface area contributed by atoms with Crippen LogP contribution in [0, 0.1) is 11.6 Å². The Morgan fingerprint density at radius 1 is 0.964 bits per heavy atom. The van der Waals surface area contributed by atoms with Crippen LogP contribution in [-0.2, 0) is 0 Å². The van der Waals surface area contributed by atoms with Crippen LogP contribution in [-0.4, -0.2) is 24.1 Å². The van der Waals surface area contributed by atoms with Crippen molar-refractivity contribution in [1.82, 2.24) is 4.98 Å². The molecule has 0 saturated heterocycles. The number of para-hydroxylation sites is 1. The van der Waals surface area contributed by atoms with E-state index in [2.05, 4.69) is 15.6 Å². The number of hydrogen-bond acceptors (Lipinski definition) is 5. The van der Waals surface area contributed by atoms with E-state index in [0.717, 1.165) is 12.1 Å². The van der Waals surface area contributed by atoms with Gasteiger partial charge in [-0.05, 0) is 36.4 Å². The lowest BCUT2D eigenvalue weighted by atomic mass is 10.2. The quantitative estimate of drug-likeness (QED) is 0.709. The summed E-state index contributed by atoms with van der Waals surface area (Å²) in [7, 11) is 0. The summed E-state index contributed by atoms with van der Waals surface area (Å²) < 4.78 is 38.5. The molecule has 0 spiro atoms. The number of benzene rings is 2. The summed E-state index contributed by atoms with van der Waals surface area (Å²) in [4.78, 5) is 16.5. The Labute approximate surface area is 159 Å². The van der Waals surface area contributed by atoms with Crippen LogP contribution in [0.3, 0.4) is 0 Å². The van der Waals surface area contributed by atoms with E-state index in [4.69, 9.17) is 9.47 Å². The highest BCUT2D eigenvalue weighted by Crippen LogP contribution is 2.33. The predicted octanol–water partition coefficient (Wildman–Crippen LogP) is 4.13. The summed E-state index contributed by atoms with van der Waals surface area (Å²) in [6, 6.07) is 11.6. The maximum absolute atomic E-state index is 13.7. The number of hydrogen-bond donors (Lipinski definition) is 2. The number of amides is 1. The minimum absolute atomic E-state index is 0.192. The summed E-state index contributed by atoms with van der Waals surface area (Å²) in [5.41, 5.74) is 0.387. The highest BCUT2D eigenvalue weighted by atomic mass is 19.1. The molecular formula is C20H15F2N3O3. The second-order valence-electron chi connectivity index (χ2n) is 5.96. The van der Waals surface area contributed by atoms with Gasteiger partial charge in [0.2, 0.25) is 0 Å². The fourth-order valence-corrected chi connectivity index (χ4v) is 2.71. The molecule has 0 saturated carbocycles. The van der Waals surface area contributed by atoms with Gasteiger partial charge in [0.25, 0.3) is 5.91 Å². The minimum atomic E-state index is -0.850. The summed E-state index contributed by atoms with van der Waals surface area (Å²) in [6.45, 7) is 0.970. The van der Waals surface area contributed by atoms with E-state index in [1.165, 1.54) is 24.4 Å². The number of carbonyl (C=O) groups is 1. The number of anilines is 3. The van der Waals surface area contributed by atoms with E-state index in [9.17, 15) is 13.6 Å². The van der Waals surface area contributed by atoms with E-state index in [1.54, 1.807) is 18.2 Å². The lowest BCUT2D eigenvalue weighted by molar-refractivity contribution is 0.102. The second-order valence-corrected chi connectivity index (χ2v) is 5.96. The van der Waals surface area contributed by atoms with Crippen LogP contribution in [0.2, 0.25) is 0 Å². The van der Waals surface area contributed by atoms with E-state index < -0.39 is 23.2 Å². The van der Waals surface area contributed by atoms with E-state index in [0.29, 0.717) is 36.2 Å². The molecule has 0 bridgehead atoms. The van der Waals surface area contributed by atoms with Crippen molar-refractivity contribution >= 4 is 23.1 Å². The molecule has 142 valence electrons. The largest absolute Gasteiger partial charge is 0.486 e. The molecule has 2 aromatic carbocycles. The standard InChI is InChI=1S/C20H15F2N3O3/c21-14-2-1-3-15(22)19(14)25-20(26)12-6-7-23-18(10-12)24-13-4-5-16-17(11-13)28-9-8-27-16/h1-7,10-11H,8-9H2,(H,23,24)(H,25,26). The molecule has 1 aliphatic rings. The fraction of sp³-hybridized carbons (Fsp3) is 0.100. The Morgan fingerprint density at radius 2 is 1.71 bits per heavy atom. The highest BCUT2D eigenvalue weighted by Gasteiger charge is 2.15. The Hall–Kier alpha value is -3.68. The number of rotatable bonds is 4. The predicted molar refractivity (Wildman–Crippen MR) is 99.3 cm³/mol. The average molecular weight is 383 g/mol. The SMILES string of the molecule is O=C(Nc1c(F)cccc1F)c1ccnc(Nc2ccc3c(c2)OCCO3)c1. The number of fused-ring (bicyclic) bond motifs is 1. The van der Waals surface area contributed by atoms with Crippen LogP contribution in [0.4, 0.5) is 26.0 Å². The van der Waals surface area contributed by atoms with E-state index >= 15 is 0 Å². The molecule has 1 aromatic heterocycles. The summed E-state index contributed by atoms with van der Waals surface area (Å²) in [5, 5.41) is 5.31. The molecule has 0 radical (unpaired) electrons. The van der Waals surface area contributed by atoms with Gasteiger partial charge in [-0.3, -0.25) is 4.79 Å². The van der Waals surface area contributed by atoms with Gasteiger partial charge in [0.15, 0.2) is 11.5 Å². The number of nitrogens with zero attached hydrogens (tertiary/aromatic N) is 1. The van der Waals surface area contributed by atoms with Gasteiger partial charge >= 0.3 is 0 Å². The zero-order chi connectivity index (χ0) is 19.5. The Bertz CT molecular complexity index is 1020. The zero-order valence-corrected chi connectivity index (χ0v) is 14.5. The third kappa shape index (κ3) is 3.71. The lowest BCUT2D eigenvalue weighted by Gasteiger charge is -2.19. The van der Waals surface area contributed by atoms with Crippen molar-refractivity contribution < 1.29 is 23.0 Å². The summed E-state index contributed by atoms with van der Waals surface area (Å²) in [6.07, 6.45) is 1.42. The lowest BCUT2D eigenvalue weighted by Crippen LogP contribution is -2.15. The highest BCUT2D eigenvalue weighted by molar-refractivity contribution is 6.04. The number of aromatic nitrogens is 1. The van der Waals surface area contributed by atoms with Gasteiger partial charge in [0.05, 0.1) is 0 Å². The van der Waals surface area contributed by atoms with Crippen molar-refractivity contribution in [3.8, 4) is 11.5 Å². The van der Waals surface area contributed by atoms with Gasteiger partial charge in [-0.1, -0.05) is 6.07 Å². The van der Waals surface area contributed by atoms with Gasteiger partial charge in [-0.15, -0.1) is 0 Å². The topological polar surface area (TPSA) is 72.5 Å². The van der Waals surface area contributed by atoms with Crippen LogP contribution in [0.25, 0.3) is 0 Å². The molecule has 6 nitrogen and oxygen atoms in total. The number of pyridine rings is 1. The van der Waals surface area contributed by atoms with Crippen LogP contribution in [0.5, 0.6) is 11.5 Å². The van der Waals surface area contributed by atoms with E-state index in [-0.39, 0.29) is 5.56 Å². The Morgan fingerprint density at radius 3 is 2.50 bits per heavy atom. The maximum atomic E-state index is 13.7. The third-order valence-corrected chi connectivity index (χ3v) is 4.04. The molecular weight excluding hydrogens is 368 g/mol. The maximum Gasteiger partial charge on any atom is 0.256 e. The van der Waals surface area contributed by atoms with Crippen LogP contribution in [0.15, 0.2) is 54.7 Å². The zero-order valence-electron chi connectivity index (χ0n) is 14.5. The van der Waals surface area contributed by atoms with Crippen molar-refractivity contribution in [2.24, 2.45) is 0 Å². The molecule has 4 rings (SSSR count). The van der Waals surface area contributed by atoms with Gasteiger partial charge in [0, 0.05) is 23.5 Å². The van der Waals surface area contributed by atoms with E-state index in [1.807, 2.05) is 0 Å². The number of ether oxygens (including phenoxy) is 2. The molecule has 0 fully saturated rings. The first-order valence-electron chi connectivity index (χ1n) is 8.48. The fourth-order valence-electron chi connectivity index (χ4n) is 2.71. The van der Waals surface area contributed by atoms with Crippen molar-refractivity contribution in [2.45, 2.75) is 0 Å². The Balaban J connectivity index is 1.52. The van der Waals surface area contributed by atoms with Crippen molar-refractivity contribution in [3.63, 3.8) is 0 Å². The molecule has 1 aliphatic heterocycles. The van der Waals surface area contributed by atoms with Crippen LogP contribution >= 0.6 is 0 Å². The van der Waals surface area contributed by atoms with Crippen LogP contribution in [0.1, 0.15) is 10.4 Å². The number of nitrogens with one attached hydrogen (secondary N) is 2. The Kier molecular flexibility index (Phi) is 4.76. The van der Waals surface area contributed by atoms with Gasteiger partial charge < -0.3 is 20.1 Å². The van der Waals surface area contributed by atoms with Gasteiger partial charge in [-0.25, -0.2) is 13.8 Å². The summed E-state index contributed by atoms with van der Waals surface area (Å²) >= 11 is 0. The summed E-state index contributed by atoms with van der Waals surface area (Å²) in [5.74, 6) is -0.700. The molecule has 3 aromatic rings. The first-order chi connectivity index (χ1) is 13.6.